The molecule has 0 saturated heterocycles. The standard InChI is InChI=1S/C23H21N3O2/c27-23(26-28)22(17-4-2-1-3-5-17)18-7-9-20(10-8-18)25-15-16-6-11-21-19(14-16)12-13-24-21/h1-14,22,24-25,28H,15H2,(H,26,27). The summed E-state index contributed by atoms with van der Waals surface area (Å²) in [5.41, 5.74) is 6.71. The van der Waals surface area contributed by atoms with Crippen LogP contribution < -0.4 is 10.8 Å². The molecule has 1 unspecified atom stereocenters. The molecule has 4 rings (SSSR count). The van der Waals surface area contributed by atoms with E-state index in [1.54, 1.807) is 5.48 Å². The minimum atomic E-state index is -0.559. The van der Waals surface area contributed by atoms with Crippen LogP contribution in [-0.2, 0) is 11.3 Å². The van der Waals surface area contributed by atoms with E-state index in [1.165, 1.54) is 10.9 Å². The van der Waals surface area contributed by atoms with Crippen molar-refractivity contribution >= 4 is 22.5 Å². The molecule has 0 spiro atoms. The van der Waals surface area contributed by atoms with Gasteiger partial charge in [-0.25, -0.2) is 5.48 Å². The van der Waals surface area contributed by atoms with E-state index < -0.39 is 11.8 Å². The molecule has 0 fully saturated rings. The molecule has 1 amide bonds. The second-order valence-corrected chi connectivity index (χ2v) is 6.69. The first kappa shape index (κ1) is 17.8. The molecule has 1 atom stereocenters. The molecule has 4 aromatic rings. The zero-order valence-electron chi connectivity index (χ0n) is 15.2. The first-order valence-electron chi connectivity index (χ1n) is 9.13. The van der Waals surface area contributed by atoms with E-state index in [-0.39, 0.29) is 0 Å². The number of carbonyl (C=O) groups is 1. The maximum atomic E-state index is 12.2. The number of fused-ring (bicyclic) bond motifs is 1. The van der Waals surface area contributed by atoms with Gasteiger partial charge in [-0.05, 0) is 52.4 Å². The first-order chi connectivity index (χ1) is 13.7. The smallest absolute Gasteiger partial charge is 0.255 e. The molecule has 140 valence electrons. The number of benzene rings is 3. The van der Waals surface area contributed by atoms with Gasteiger partial charge in [-0.1, -0.05) is 48.5 Å². The monoisotopic (exact) mass is 371 g/mol. The minimum absolute atomic E-state index is 0.452. The molecule has 0 aliphatic carbocycles. The van der Waals surface area contributed by atoms with Crippen LogP contribution in [0.2, 0.25) is 0 Å². The Balaban J connectivity index is 1.49. The molecule has 4 N–H and O–H groups in total. The van der Waals surface area contributed by atoms with E-state index in [9.17, 15) is 4.79 Å². The van der Waals surface area contributed by atoms with Crippen LogP contribution in [-0.4, -0.2) is 16.1 Å². The summed E-state index contributed by atoms with van der Waals surface area (Å²) >= 11 is 0. The molecule has 0 bridgehead atoms. The summed E-state index contributed by atoms with van der Waals surface area (Å²) in [6.45, 7) is 0.708. The Morgan fingerprint density at radius 2 is 1.68 bits per heavy atom. The molecule has 0 aliphatic rings. The van der Waals surface area contributed by atoms with E-state index in [2.05, 4.69) is 34.6 Å². The van der Waals surface area contributed by atoms with Gasteiger partial charge < -0.3 is 10.3 Å². The summed E-state index contributed by atoms with van der Waals surface area (Å²) in [6.07, 6.45) is 1.94. The second-order valence-electron chi connectivity index (χ2n) is 6.69. The average Bonchev–Trinajstić information content (AvgIpc) is 3.22. The Morgan fingerprint density at radius 3 is 2.43 bits per heavy atom. The fourth-order valence-corrected chi connectivity index (χ4v) is 3.42. The van der Waals surface area contributed by atoms with Crippen molar-refractivity contribution in [2.24, 2.45) is 0 Å². The van der Waals surface area contributed by atoms with Crippen molar-refractivity contribution in [2.75, 3.05) is 5.32 Å². The largest absolute Gasteiger partial charge is 0.381 e. The van der Waals surface area contributed by atoms with Crippen molar-refractivity contribution in [1.29, 1.82) is 0 Å². The van der Waals surface area contributed by atoms with E-state index >= 15 is 0 Å². The number of amides is 1. The lowest BCUT2D eigenvalue weighted by atomic mass is 9.90. The van der Waals surface area contributed by atoms with Crippen molar-refractivity contribution in [3.8, 4) is 0 Å². The van der Waals surface area contributed by atoms with Gasteiger partial charge in [0.15, 0.2) is 0 Å². The molecular formula is C23H21N3O2. The molecule has 5 nitrogen and oxygen atoms in total. The number of rotatable bonds is 6. The third-order valence-corrected chi connectivity index (χ3v) is 4.86. The number of hydrogen-bond donors (Lipinski definition) is 4. The topological polar surface area (TPSA) is 77.2 Å². The Morgan fingerprint density at radius 1 is 0.929 bits per heavy atom. The van der Waals surface area contributed by atoms with Crippen LogP contribution >= 0.6 is 0 Å². The lowest BCUT2D eigenvalue weighted by molar-refractivity contribution is -0.129. The van der Waals surface area contributed by atoms with Crippen molar-refractivity contribution in [3.05, 3.63) is 102 Å². The molecular weight excluding hydrogens is 350 g/mol. The minimum Gasteiger partial charge on any atom is -0.381 e. The summed E-state index contributed by atoms with van der Waals surface area (Å²) in [4.78, 5) is 15.4. The highest BCUT2D eigenvalue weighted by molar-refractivity contribution is 5.86. The number of anilines is 1. The number of hydroxylamine groups is 1. The average molecular weight is 371 g/mol. The fraction of sp³-hybridized carbons (Fsp3) is 0.0870. The van der Waals surface area contributed by atoms with Gasteiger partial charge in [0.2, 0.25) is 0 Å². The maximum Gasteiger partial charge on any atom is 0.255 e. The molecule has 0 radical (unpaired) electrons. The van der Waals surface area contributed by atoms with Gasteiger partial charge in [0.25, 0.3) is 5.91 Å². The van der Waals surface area contributed by atoms with Crippen molar-refractivity contribution in [1.82, 2.24) is 10.5 Å². The van der Waals surface area contributed by atoms with Gasteiger partial charge in [-0.15, -0.1) is 0 Å². The Labute approximate surface area is 163 Å². The number of carbonyl (C=O) groups excluding carboxylic acids is 1. The van der Waals surface area contributed by atoms with E-state index in [1.807, 2.05) is 60.8 Å². The SMILES string of the molecule is O=C(NO)C(c1ccccc1)c1ccc(NCc2ccc3[nH]ccc3c2)cc1. The van der Waals surface area contributed by atoms with Gasteiger partial charge in [-0.3, -0.25) is 10.0 Å². The first-order valence-corrected chi connectivity index (χ1v) is 9.13. The lowest BCUT2D eigenvalue weighted by Gasteiger charge is -2.16. The predicted octanol–water partition coefficient (Wildman–Crippen LogP) is 4.42. The summed E-state index contributed by atoms with van der Waals surface area (Å²) in [5.74, 6) is -1.01. The van der Waals surface area contributed by atoms with Gasteiger partial charge in [0.1, 0.15) is 0 Å². The summed E-state index contributed by atoms with van der Waals surface area (Å²) < 4.78 is 0. The summed E-state index contributed by atoms with van der Waals surface area (Å²) in [5, 5.41) is 13.7. The Kier molecular flexibility index (Phi) is 5.08. The van der Waals surface area contributed by atoms with Crippen LogP contribution in [0.25, 0.3) is 10.9 Å². The van der Waals surface area contributed by atoms with Gasteiger partial charge in [0, 0.05) is 23.9 Å². The number of aromatic nitrogens is 1. The highest BCUT2D eigenvalue weighted by atomic mass is 16.5. The van der Waals surface area contributed by atoms with Crippen LogP contribution in [0.15, 0.2) is 85.1 Å². The summed E-state index contributed by atoms with van der Waals surface area (Å²) in [6, 6.07) is 25.5. The van der Waals surface area contributed by atoms with Gasteiger partial charge in [0.05, 0.1) is 5.92 Å². The van der Waals surface area contributed by atoms with E-state index in [0.29, 0.717) is 6.54 Å². The van der Waals surface area contributed by atoms with E-state index in [0.717, 1.165) is 22.3 Å². The Hall–Kier alpha value is -3.57. The number of nitrogens with one attached hydrogen (secondary N) is 3. The quantitative estimate of drug-likeness (QED) is 0.299. The third-order valence-electron chi connectivity index (χ3n) is 4.86. The van der Waals surface area contributed by atoms with Crippen LogP contribution in [0.3, 0.4) is 0 Å². The van der Waals surface area contributed by atoms with Crippen molar-refractivity contribution in [2.45, 2.75) is 12.5 Å². The second kappa shape index (κ2) is 7.98. The molecule has 5 heteroatoms. The van der Waals surface area contributed by atoms with Gasteiger partial charge >= 0.3 is 0 Å². The molecule has 3 aromatic carbocycles. The fourth-order valence-electron chi connectivity index (χ4n) is 3.42. The van der Waals surface area contributed by atoms with Crippen LogP contribution in [0.1, 0.15) is 22.6 Å². The van der Waals surface area contributed by atoms with Crippen molar-refractivity contribution < 1.29 is 10.0 Å². The molecule has 1 heterocycles. The normalized spacial score (nSPS) is 11.9. The maximum absolute atomic E-state index is 12.2. The molecule has 1 aromatic heterocycles. The number of hydrogen-bond acceptors (Lipinski definition) is 3. The molecule has 0 aliphatic heterocycles. The highest BCUT2D eigenvalue weighted by Gasteiger charge is 2.22. The van der Waals surface area contributed by atoms with E-state index in [4.69, 9.17) is 5.21 Å². The van der Waals surface area contributed by atoms with Gasteiger partial charge in [-0.2, -0.15) is 0 Å². The summed E-state index contributed by atoms with van der Waals surface area (Å²) in [7, 11) is 0. The van der Waals surface area contributed by atoms with Crippen LogP contribution in [0.4, 0.5) is 5.69 Å². The number of aromatic amines is 1. The zero-order valence-corrected chi connectivity index (χ0v) is 15.2. The molecule has 0 saturated carbocycles. The Bertz CT molecular complexity index is 1070. The molecule has 28 heavy (non-hydrogen) atoms. The van der Waals surface area contributed by atoms with Crippen molar-refractivity contribution in [3.63, 3.8) is 0 Å². The predicted molar refractivity (Wildman–Crippen MR) is 110 cm³/mol. The zero-order chi connectivity index (χ0) is 19.3. The van der Waals surface area contributed by atoms with Crippen LogP contribution in [0.5, 0.6) is 0 Å². The lowest BCUT2D eigenvalue weighted by Crippen LogP contribution is -2.27. The third kappa shape index (κ3) is 3.75. The number of H-pyrrole nitrogens is 1. The van der Waals surface area contributed by atoms with Crippen LogP contribution in [0, 0.1) is 0 Å². The highest BCUT2D eigenvalue weighted by Crippen LogP contribution is 2.26.